The van der Waals surface area contributed by atoms with Crippen molar-refractivity contribution in [2.75, 3.05) is 19.0 Å². The van der Waals surface area contributed by atoms with Crippen molar-refractivity contribution in [2.45, 2.75) is 13.5 Å². The second-order valence-corrected chi connectivity index (χ2v) is 6.98. The van der Waals surface area contributed by atoms with E-state index in [9.17, 15) is 4.79 Å². The van der Waals surface area contributed by atoms with Gasteiger partial charge < -0.3 is 9.64 Å². The predicted molar refractivity (Wildman–Crippen MR) is 118 cm³/mol. The van der Waals surface area contributed by atoms with Crippen LogP contribution in [0.15, 0.2) is 77.9 Å². The quantitative estimate of drug-likeness (QED) is 0.483. The molecule has 3 aromatic carbocycles. The third-order valence-electron chi connectivity index (χ3n) is 4.43. The number of carbonyl (C=O) groups is 1. The van der Waals surface area contributed by atoms with E-state index in [1.165, 1.54) is 5.56 Å². The molecule has 0 spiro atoms. The minimum Gasteiger partial charge on any atom is -0.489 e. The number of hydrogen-bond donors (Lipinski definition) is 1. The van der Waals surface area contributed by atoms with E-state index in [0.717, 1.165) is 16.8 Å². The molecule has 0 unspecified atom stereocenters. The highest BCUT2D eigenvalue weighted by atomic mass is 16.5. The van der Waals surface area contributed by atoms with Crippen LogP contribution in [0.3, 0.4) is 0 Å². The van der Waals surface area contributed by atoms with E-state index in [1.807, 2.05) is 55.4 Å². The SMILES string of the molecule is Cc1ccc(COc2ccc(C(=O)N/N=C\c3ccc(N(C)C)cc3)cc2)cc1. The molecule has 0 heterocycles. The van der Waals surface area contributed by atoms with Gasteiger partial charge in [0.15, 0.2) is 0 Å². The van der Waals surface area contributed by atoms with Crippen molar-refractivity contribution in [3.8, 4) is 5.75 Å². The molecule has 3 rings (SSSR count). The smallest absolute Gasteiger partial charge is 0.271 e. The van der Waals surface area contributed by atoms with E-state index >= 15 is 0 Å². The molecule has 5 nitrogen and oxygen atoms in total. The molecule has 0 saturated carbocycles. The van der Waals surface area contributed by atoms with E-state index in [1.54, 1.807) is 30.5 Å². The first-order valence-electron chi connectivity index (χ1n) is 9.40. The first-order valence-corrected chi connectivity index (χ1v) is 9.40. The maximum atomic E-state index is 12.2. The van der Waals surface area contributed by atoms with Crippen LogP contribution >= 0.6 is 0 Å². The summed E-state index contributed by atoms with van der Waals surface area (Å²) >= 11 is 0. The number of ether oxygens (including phenoxy) is 1. The van der Waals surface area contributed by atoms with E-state index in [0.29, 0.717) is 17.9 Å². The molecular weight excluding hydrogens is 362 g/mol. The first kappa shape index (κ1) is 20.1. The number of amides is 1. The second-order valence-electron chi connectivity index (χ2n) is 6.98. The standard InChI is InChI=1S/C24H25N3O2/c1-18-4-6-20(7-5-18)17-29-23-14-10-21(11-15-23)24(28)26-25-16-19-8-12-22(13-9-19)27(2)3/h4-16H,17H2,1-3H3,(H,26,28)/b25-16-. The molecule has 0 aromatic heterocycles. The molecular formula is C24H25N3O2. The zero-order valence-electron chi connectivity index (χ0n) is 16.9. The molecule has 0 bridgehead atoms. The summed E-state index contributed by atoms with van der Waals surface area (Å²) in [6, 6.07) is 23.1. The maximum Gasteiger partial charge on any atom is 0.271 e. The molecule has 0 aliphatic carbocycles. The van der Waals surface area contributed by atoms with Gasteiger partial charge >= 0.3 is 0 Å². The average molecular weight is 387 g/mol. The van der Waals surface area contributed by atoms with E-state index in [4.69, 9.17) is 4.74 Å². The van der Waals surface area contributed by atoms with Gasteiger partial charge in [0.2, 0.25) is 0 Å². The molecule has 1 N–H and O–H groups in total. The third kappa shape index (κ3) is 5.94. The Bertz CT molecular complexity index is 961. The van der Waals surface area contributed by atoms with Crippen molar-refractivity contribution in [2.24, 2.45) is 5.10 Å². The molecule has 0 aliphatic heterocycles. The summed E-state index contributed by atoms with van der Waals surface area (Å²) < 4.78 is 5.77. The molecule has 0 fully saturated rings. The molecule has 0 saturated heterocycles. The van der Waals surface area contributed by atoms with Gasteiger partial charge in [0.1, 0.15) is 12.4 Å². The predicted octanol–water partition coefficient (Wildman–Crippen LogP) is 4.40. The van der Waals surface area contributed by atoms with Crippen LogP contribution in [0.5, 0.6) is 5.75 Å². The molecule has 29 heavy (non-hydrogen) atoms. The fourth-order valence-electron chi connectivity index (χ4n) is 2.64. The van der Waals surface area contributed by atoms with E-state index in [2.05, 4.69) is 29.6 Å². The van der Waals surface area contributed by atoms with Gasteiger partial charge in [-0.3, -0.25) is 4.79 Å². The van der Waals surface area contributed by atoms with Crippen molar-refractivity contribution >= 4 is 17.8 Å². The fraction of sp³-hybridized carbons (Fsp3) is 0.167. The number of hydrogen-bond acceptors (Lipinski definition) is 4. The minimum absolute atomic E-state index is 0.267. The molecule has 148 valence electrons. The van der Waals surface area contributed by atoms with Crippen LogP contribution in [0.1, 0.15) is 27.0 Å². The summed E-state index contributed by atoms with van der Waals surface area (Å²) in [5.41, 5.74) is 7.41. The number of nitrogens with zero attached hydrogens (tertiary/aromatic N) is 2. The monoisotopic (exact) mass is 387 g/mol. The fourth-order valence-corrected chi connectivity index (χ4v) is 2.64. The van der Waals surface area contributed by atoms with Gasteiger partial charge in [0.25, 0.3) is 5.91 Å². The highest BCUT2D eigenvalue weighted by molar-refractivity contribution is 5.95. The van der Waals surface area contributed by atoms with Crippen molar-refractivity contribution in [1.29, 1.82) is 0 Å². The summed E-state index contributed by atoms with van der Waals surface area (Å²) in [6.45, 7) is 2.54. The van der Waals surface area contributed by atoms with Crippen LogP contribution < -0.4 is 15.1 Å². The first-order chi connectivity index (χ1) is 14.0. The molecule has 3 aromatic rings. The minimum atomic E-state index is -0.267. The largest absolute Gasteiger partial charge is 0.489 e. The Hall–Kier alpha value is -3.60. The molecule has 5 heteroatoms. The number of carbonyl (C=O) groups excluding carboxylic acids is 1. The van der Waals surface area contributed by atoms with Crippen molar-refractivity contribution in [3.05, 3.63) is 95.1 Å². The van der Waals surface area contributed by atoms with Crippen LogP contribution in [-0.4, -0.2) is 26.2 Å². The van der Waals surface area contributed by atoms with Crippen molar-refractivity contribution < 1.29 is 9.53 Å². The van der Waals surface area contributed by atoms with Gasteiger partial charge in [0, 0.05) is 25.3 Å². The van der Waals surface area contributed by atoms with Crippen molar-refractivity contribution in [1.82, 2.24) is 5.43 Å². The Balaban J connectivity index is 1.51. The van der Waals surface area contributed by atoms with Crippen LogP contribution in [0, 0.1) is 6.92 Å². The highest BCUT2D eigenvalue weighted by Gasteiger charge is 2.05. The molecule has 0 aliphatic rings. The highest BCUT2D eigenvalue weighted by Crippen LogP contribution is 2.15. The number of aryl methyl sites for hydroxylation is 1. The summed E-state index contributed by atoms with van der Waals surface area (Å²) in [5, 5.41) is 4.03. The van der Waals surface area contributed by atoms with Gasteiger partial charge in [-0.15, -0.1) is 0 Å². The summed E-state index contributed by atoms with van der Waals surface area (Å²) in [6.07, 6.45) is 1.62. The normalized spacial score (nSPS) is 10.7. The lowest BCUT2D eigenvalue weighted by atomic mass is 10.2. The van der Waals surface area contributed by atoms with E-state index in [-0.39, 0.29) is 5.91 Å². The van der Waals surface area contributed by atoms with Crippen LogP contribution in [0.4, 0.5) is 5.69 Å². The number of benzene rings is 3. The van der Waals surface area contributed by atoms with Crippen LogP contribution in [0.25, 0.3) is 0 Å². The van der Waals surface area contributed by atoms with Gasteiger partial charge in [-0.25, -0.2) is 5.43 Å². The zero-order chi connectivity index (χ0) is 20.6. The van der Waals surface area contributed by atoms with Gasteiger partial charge in [-0.1, -0.05) is 42.0 Å². The summed E-state index contributed by atoms with van der Waals surface area (Å²) in [5.74, 6) is 0.447. The Morgan fingerprint density at radius 3 is 2.24 bits per heavy atom. The summed E-state index contributed by atoms with van der Waals surface area (Å²) in [4.78, 5) is 14.3. The number of rotatable bonds is 7. The zero-order valence-corrected chi connectivity index (χ0v) is 16.9. The lowest BCUT2D eigenvalue weighted by Gasteiger charge is -2.11. The van der Waals surface area contributed by atoms with Gasteiger partial charge in [0.05, 0.1) is 6.21 Å². The summed E-state index contributed by atoms with van der Waals surface area (Å²) in [7, 11) is 3.98. The van der Waals surface area contributed by atoms with Crippen LogP contribution in [0.2, 0.25) is 0 Å². The number of hydrazone groups is 1. The van der Waals surface area contributed by atoms with Crippen molar-refractivity contribution in [3.63, 3.8) is 0 Å². The second kappa shape index (κ2) is 9.55. The Morgan fingerprint density at radius 1 is 0.966 bits per heavy atom. The van der Waals surface area contributed by atoms with E-state index < -0.39 is 0 Å². The van der Waals surface area contributed by atoms with Gasteiger partial charge in [-0.05, 0) is 54.4 Å². The van der Waals surface area contributed by atoms with Gasteiger partial charge in [-0.2, -0.15) is 5.10 Å². The lowest BCUT2D eigenvalue weighted by Crippen LogP contribution is -2.17. The van der Waals surface area contributed by atoms with Crippen LogP contribution in [-0.2, 0) is 6.61 Å². The molecule has 0 atom stereocenters. The Labute approximate surface area is 171 Å². The molecule has 0 radical (unpaired) electrons. The lowest BCUT2D eigenvalue weighted by molar-refractivity contribution is 0.0955. The average Bonchev–Trinajstić information content (AvgIpc) is 2.74. The topological polar surface area (TPSA) is 53.9 Å². The maximum absolute atomic E-state index is 12.2. The molecule has 1 amide bonds. The third-order valence-corrected chi connectivity index (χ3v) is 4.43. The number of anilines is 1. The number of nitrogens with one attached hydrogen (secondary N) is 1. The Kier molecular flexibility index (Phi) is 6.63. The Morgan fingerprint density at radius 2 is 1.62 bits per heavy atom.